The van der Waals surface area contributed by atoms with Crippen LogP contribution in [0.2, 0.25) is 0 Å². The number of aliphatic imine (C=N–C) groups is 1. The number of rotatable bonds is 9. The first-order valence-corrected chi connectivity index (χ1v) is 12.4. The maximum absolute atomic E-state index is 5.49. The van der Waals surface area contributed by atoms with E-state index < -0.39 is 0 Å². The van der Waals surface area contributed by atoms with E-state index in [9.17, 15) is 0 Å². The monoisotopic (exact) mass is 570 g/mol. The molecule has 1 atom stereocenters. The molecule has 0 spiro atoms. The number of morpholine rings is 1. The average molecular weight is 571 g/mol. The van der Waals surface area contributed by atoms with Crippen molar-refractivity contribution in [3.05, 3.63) is 54.5 Å². The van der Waals surface area contributed by atoms with Crippen LogP contribution >= 0.6 is 35.7 Å². The molecule has 0 radical (unpaired) electrons. The van der Waals surface area contributed by atoms with Gasteiger partial charge in [0, 0.05) is 62.9 Å². The first-order valence-electron chi connectivity index (χ1n) is 11.4. The van der Waals surface area contributed by atoms with Crippen molar-refractivity contribution in [1.29, 1.82) is 0 Å². The zero-order valence-corrected chi connectivity index (χ0v) is 21.8. The highest BCUT2D eigenvalue weighted by Crippen LogP contribution is 2.19. The van der Waals surface area contributed by atoms with E-state index in [2.05, 4.69) is 45.4 Å². The minimum absolute atomic E-state index is 0. The van der Waals surface area contributed by atoms with E-state index in [1.165, 1.54) is 17.9 Å². The Kier molecular flexibility index (Phi) is 11.2. The van der Waals surface area contributed by atoms with Gasteiger partial charge in [0.15, 0.2) is 5.96 Å². The smallest absolute Gasteiger partial charge is 0.193 e. The van der Waals surface area contributed by atoms with E-state index >= 15 is 0 Å². The van der Waals surface area contributed by atoms with Crippen LogP contribution in [0, 0.1) is 5.92 Å². The molecule has 0 bridgehead atoms. The minimum Gasteiger partial charge on any atom is -0.469 e. The molecular formula is C24H35IN4O2S. The van der Waals surface area contributed by atoms with Gasteiger partial charge >= 0.3 is 0 Å². The minimum atomic E-state index is 0. The van der Waals surface area contributed by atoms with Crippen molar-refractivity contribution >= 4 is 41.7 Å². The molecule has 1 unspecified atom stereocenters. The van der Waals surface area contributed by atoms with Crippen LogP contribution in [0.3, 0.4) is 0 Å². The van der Waals surface area contributed by atoms with E-state index in [0.29, 0.717) is 5.92 Å². The van der Waals surface area contributed by atoms with Crippen LogP contribution in [0.25, 0.3) is 0 Å². The molecule has 3 heterocycles. The second-order valence-corrected chi connectivity index (χ2v) is 9.31. The van der Waals surface area contributed by atoms with Crippen LogP contribution in [0.15, 0.2) is 63.0 Å². The maximum atomic E-state index is 5.49. The zero-order chi connectivity index (χ0) is 21.1. The van der Waals surface area contributed by atoms with E-state index in [0.717, 1.165) is 76.4 Å². The molecule has 2 aromatic rings. The highest BCUT2D eigenvalue weighted by Gasteiger charge is 2.27. The summed E-state index contributed by atoms with van der Waals surface area (Å²) in [5, 5.41) is 3.63. The number of halogens is 1. The fraction of sp³-hybridized carbons (Fsp3) is 0.542. The second kappa shape index (κ2) is 14.1. The van der Waals surface area contributed by atoms with Gasteiger partial charge in [-0.15, -0.1) is 35.7 Å². The summed E-state index contributed by atoms with van der Waals surface area (Å²) >= 11 is 1.88. The van der Waals surface area contributed by atoms with E-state index in [1.54, 1.807) is 6.26 Å². The van der Waals surface area contributed by atoms with Gasteiger partial charge in [0.1, 0.15) is 5.76 Å². The molecule has 1 aromatic heterocycles. The third kappa shape index (κ3) is 8.28. The predicted octanol–water partition coefficient (Wildman–Crippen LogP) is 3.83. The summed E-state index contributed by atoms with van der Waals surface area (Å²) < 4.78 is 11.0. The fourth-order valence-corrected chi connectivity index (χ4v) is 4.96. The fourth-order valence-electron chi connectivity index (χ4n) is 4.17. The Morgan fingerprint density at radius 2 is 1.94 bits per heavy atom. The van der Waals surface area contributed by atoms with Crippen molar-refractivity contribution in [2.24, 2.45) is 10.9 Å². The van der Waals surface area contributed by atoms with E-state index in [1.807, 2.05) is 23.9 Å². The van der Waals surface area contributed by atoms with Crippen LogP contribution in [-0.4, -0.2) is 80.5 Å². The molecule has 2 saturated heterocycles. The largest absolute Gasteiger partial charge is 0.469 e. The van der Waals surface area contributed by atoms with Gasteiger partial charge in [-0.2, -0.15) is 0 Å². The lowest BCUT2D eigenvalue weighted by Crippen LogP contribution is -2.43. The number of hydrogen-bond donors (Lipinski definition) is 1. The lowest BCUT2D eigenvalue weighted by molar-refractivity contribution is 0.0315. The Bertz CT molecular complexity index is 785. The first kappa shape index (κ1) is 25.4. The maximum Gasteiger partial charge on any atom is 0.193 e. The SMILES string of the molecule is I.c1ccc(SCCNC(=NCCc2ccco2)N2CCC(CN3CCOCC3)C2)cc1. The van der Waals surface area contributed by atoms with Gasteiger partial charge in [0.25, 0.3) is 0 Å². The third-order valence-electron chi connectivity index (χ3n) is 5.80. The Balaban J connectivity index is 0.00000289. The van der Waals surface area contributed by atoms with Crippen LogP contribution in [-0.2, 0) is 11.2 Å². The summed E-state index contributed by atoms with van der Waals surface area (Å²) in [6, 6.07) is 14.5. The van der Waals surface area contributed by atoms with E-state index in [-0.39, 0.29) is 24.0 Å². The molecule has 4 rings (SSSR count). The van der Waals surface area contributed by atoms with Gasteiger partial charge in [-0.1, -0.05) is 18.2 Å². The Labute approximate surface area is 213 Å². The molecule has 1 N–H and O–H groups in total. The Morgan fingerprint density at radius 1 is 1.09 bits per heavy atom. The summed E-state index contributed by atoms with van der Waals surface area (Å²) in [6.07, 6.45) is 3.80. The molecule has 0 aliphatic carbocycles. The van der Waals surface area contributed by atoms with Crippen molar-refractivity contribution < 1.29 is 9.15 Å². The molecular weight excluding hydrogens is 535 g/mol. The van der Waals surface area contributed by atoms with Gasteiger partial charge in [0.2, 0.25) is 0 Å². The molecule has 176 valence electrons. The normalized spacial score (nSPS) is 19.7. The summed E-state index contributed by atoms with van der Waals surface area (Å²) in [7, 11) is 0. The van der Waals surface area contributed by atoms with Crippen molar-refractivity contribution in [1.82, 2.24) is 15.1 Å². The quantitative estimate of drug-likeness (QED) is 0.163. The van der Waals surface area contributed by atoms with Crippen molar-refractivity contribution in [3.63, 3.8) is 0 Å². The topological polar surface area (TPSA) is 53.2 Å². The van der Waals surface area contributed by atoms with Crippen LogP contribution in [0.5, 0.6) is 0 Å². The molecule has 8 heteroatoms. The molecule has 6 nitrogen and oxygen atoms in total. The molecule has 32 heavy (non-hydrogen) atoms. The molecule has 2 aliphatic rings. The lowest BCUT2D eigenvalue weighted by atomic mass is 10.1. The standard InChI is InChI=1S/C24H34N4O2S.HI/c1-2-6-23(7-3-1)31-18-11-26-24(25-10-8-22-5-4-15-30-22)28-12-9-21(20-28)19-27-13-16-29-17-14-27;/h1-7,15,21H,8-14,16-20H2,(H,25,26);1H. The number of guanidine groups is 1. The molecule has 2 fully saturated rings. The number of hydrogen-bond acceptors (Lipinski definition) is 5. The number of likely N-dealkylation sites (tertiary alicyclic amines) is 1. The number of furan rings is 1. The summed E-state index contributed by atoms with van der Waals surface area (Å²) in [5.41, 5.74) is 0. The van der Waals surface area contributed by atoms with Gasteiger partial charge in [-0.3, -0.25) is 9.89 Å². The van der Waals surface area contributed by atoms with Crippen molar-refractivity contribution in [2.45, 2.75) is 17.7 Å². The highest BCUT2D eigenvalue weighted by molar-refractivity contribution is 14.0. The highest BCUT2D eigenvalue weighted by atomic mass is 127. The predicted molar refractivity (Wildman–Crippen MR) is 142 cm³/mol. The Morgan fingerprint density at radius 3 is 2.72 bits per heavy atom. The molecule has 2 aliphatic heterocycles. The lowest BCUT2D eigenvalue weighted by Gasteiger charge is -2.29. The van der Waals surface area contributed by atoms with E-state index in [4.69, 9.17) is 14.1 Å². The van der Waals surface area contributed by atoms with Crippen LogP contribution < -0.4 is 5.32 Å². The van der Waals surface area contributed by atoms with Gasteiger partial charge in [-0.05, 0) is 36.6 Å². The number of ether oxygens (including phenoxy) is 1. The number of nitrogens with zero attached hydrogens (tertiary/aromatic N) is 3. The summed E-state index contributed by atoms with van der Waals surface area (Å²) in [6.45, 7) is 8.85. The molecule has 0 amide bonds. The number of thioether (sulfide) groups is 1. The van der Waals surface area contributed by atoms with Gasteiger partial charge < -0.3 is 19.4 Å². The third-order valence-corrected chi connectivity index (χ3v) is 6.82. The summed E-state index contributed by atoms with van der Waals surface area (Å²) in [5.74, 6) is 3.76. The Hall–Kier alpha value is -1.23. The van der Waals surface area contributed by atoms with Gasteiger partial charge in [0.05, 0.1) is 19.5 Å². The summed E-state index contributed by atoms with van der Waals surface area (Å²) in [4.78, 5) is 11.2. The first-order chi connectivity index (χ1) is 15.4. The molecule has 1 aromatic carbocycles. The molecule has 0 saturated carbocycles. The van der Waals surface area contributed by atoms with Crippen LogP contribution in [0.4, 0.5) is 0 Å². The zero-order valence-electron chi connectivity index (χ0n) is 18.7. The second-order valence-electron chi connectivity index (χ2n) is 8.14. The number of nitrogens with one attached hydrogen (secondary N) is 1. The van der Waals surface area contributed by atoms with Crippen molar-refractivity contribution in [3.8, 4) is 0 Å². The van der Waals surface area contributed by atoms with Gasteiger partial charge in [-0.25, -0.2) is 0 Å². The average Bonchev–Trinajstić information content (AvgIpc) is 3.49. The van der Waals surface area contributed by atoms with Crippen LogP contribution in [0.1, 0.15) is 12.2 Å². The van der Waals surface area contributed by atoms with Crippen molar-refractivity contribution in [2.75, 3.05) is 64.8 Å². The number of benzene rings is 1.